The van der Waals surface area contributed by atoms with Crippen LogP contribution in [0.25, 0.3) is 92.8 Å². The normalized spacial score (nSPS) is 11.7. The van der Waals surface area contributed by atoms with Gasteiger partial charge in [0.15, 0.2) is 0 Å². The number of hydrogen-bond donors (Lipinski definition) is 0. The van der Waals surface area contributed by atoms with Crippen LogP contribution in [0.5, 0.6) is 0 Å². The predicted molar refractivity (Wildman–Crippen MR) is 256 cm³/mol. The zero-order chi connectivity index (χ0) is 39.6. The van der Waals surface area contributed by atoms with Crippen molar-refractivity contribution >= 4 is 82.0 Å². The summed E-state index contributed by atoms with van der Waals surface area (Å²) in [6.45, 7) is 0. The van der Waals surface area contributed by atoms with Crippen molar-refractivity contribution in [3.63, 3.8) is 0 Å². The zero-order valence-corrected chi connectivity index (χ0v) is 32.8. The van der Waals surface area contributed by atoms with Gasteiger partial charge in [-0.25, -0.2) is 0 Å². The molecule has 1 aromatic heterocycles. The molecule has 12 aromatic rings. The number of aromatic nitrogens is 1. The first-order valence-electron chi connectivity index (χ1n) is 20.7. The van der Waals surface area contributed by atoms with Gasteiger partial charge in [-0.1, -0.05) is 170 Å². The van der Waals surface area contributed by atoms with Gasteiger partial charge in [0.2, 0.25) is 0 Å². The van der Waals surface area contributed by atoms with Crippen molar-refractivity contribution in [3.8, 4) is 27.9 Å². The Labute approximate surface area is 348 Å². The average Bonchev–Trinajstić information content (AvgIpc) is 3.66. The maximum absolute atomic E-state index is 2.41. The molecule has 60 heavy (non-hydrogen) atoms. The van der Waals surface area contributed by atoms with E-state index in [4.69, 9.17) is 0 Å². The van der Waals surface area contributed by atoms with Gasteiger partial charge in [-0.15, -0.1) is 0 Å². The fraction of sp³-hybridized carbons (Fsp3) is 0. The van der Waals surface area contributed by atoms with Crippen molar-refractivity contribution in [1.29, 1.82) is 0 Å². The van der Waals surface area contributed by atoms with Gasteiger partial charge in [-0.2, -0.15) is 0 Å². The largest absolute Gasteiger partial charge is 0.310 e. The van der Waals surface area contributed by atoms with E-state index in [2.05, 4.69) is 240 Å². The lowest BCUT2D eigenvalue weighted by Gasteiger charge is -2.26. The van der Waals surface area contributed by atoms with Crippen molar-refractivity contribution in [2.24, 2.45) is 0 Å². The second-order valence-corrected chi connectivity index (χ2v) is 15.7. The lowest BCUT2D eigenvalue weighted by atomic mass is 9.87. The second-order valence-electron chi connectivity index (χ2n) is 15.7. The van der Waals surface area contributed by atoms with Crippen molar-refractivity contribution in [1.82, 2.24) is 4.57 Å². The molecule has 0 amide bonds. The van der Waals surface area contributed by atoms with Gasteiger partial charge in [0.25, 0.3) is 0 Å². The van der Waals surface area contributed by atoms with E-state index in [0.29, 0.717) is 0 Å². The molecule has 0 N–H and O–H groups in total. The van der Waals surface area contributed by atoms with Gasteiger partial charge >= 0.3 is 0 Å². The third-order valence-corrected chi connectivity index (χ3v) is 12.3. The lowest BCUT2D eigenvalue weighted by molar-refractivity contribution is 1.17. The topological polar surface area (TPSA) is 8.17 Å². The molecule has 0 unspecified atom stereocenters. The van der Waals surface area contributed by atoms with Crippen LogP contribution < -0.4 is 4.90 Å². The number of anilines is 3. The van der Waals surface area contributed by atoms with Crippen LogP contribution in [0.2, 0.25) is 0 Å². The monoisotopic (exact) mass is 762 g/mol. The fourth-order valence-corrected chi connectivity index (χ4v) is 9.67. The Morgan fingerprint density at radius 2 is 0.817 bits per heavy atom. The molecule has 0 saturated carbocycles. The molecule has 0 bridgehead atoms. The summed E-state index contributed by atoms with van der Waals surface area (Å²) < 4.78 is 2.39. The number of nitrogens with zero attached hydrogens (tertiary/aromatic N) is 2. The summed E-state index contributed by atoms with van der Waals surface area (Å²) in [6.07, 6.45) is 0. The maximum Gasteiger partial charge on any atom is 0.0541 e. The Kier molecular flexibility index (Phi) is 7.89. The van der Waals surface area contributed by atoms with E-state index in [9.17, 15) is 0 Å². The van der Waals surface area contributed by atoms with Crippen LogP contribution in [0.3, 0.4) is 0 Å². The number of rotatable bonds is 6. The first-order chi connectivity index (χ1) is 29.8. The Bertz CT molecular complexity index is 3540. The van der Waals surface area contributed by atoms with Gasteiger partial charge in [0.05, 0.1) is 11.0 Å². The van der Waals surface area contributed by atoms with Crippen molar-refractivity contribution in [2.45, 2.75) is 0 Å². The first kappa shape index (κ1) is 34.1. The van der Waals surface area contributed by atoms with Crippen LogP contribution in [0.1, 0.15) is 0 Å². The summed E-state index contributed by atoms with van der Waals surface area (Å²) in [6, 6.07) is 84.2. The quantitative estimate of drug-likeness (QED) is 0.153. The standard InChI is InChI=1S/C58H38N2/c1-2-16-43(17-3-1)59(45-18-14-19-46(38-45)60-55-27-12-10-24-51(55)52-25-11-13-28-56(52)60)44-35-33-40(34-36-44)47-20-6-7-22-49(47)54-37-42-32-31-41-30-29-39-15-4-5-21-48(39)57(41)58(42)53-26-9-8-23-50(53)54/h1-38H. The van der Waals surface area contributed by atoms with E-state index in [1.165, 1.54) is 87.1 Å². The zero-order valence-electron chi connectivity index (χ0n) is 32.8. The van der Waals surface area contributed by atoms with E-state index in [1.807, 2.05) is 0 Å². The number of hydrogen-bond acceptors (Lipinski definition) is 1. The summed E-state index contributed by atoms with van der Waals surface area (Å²) >= 11 is 0. The molecular weight excluding hydrogens is 725 g/mol. The van der Waals surface area contributed by atoms with Crippen LogP contribution in [-0.4, -0.2) is 4.57 Å². The Balaban J connectivity index is 0.986. The molecule has 11 aromatic carbocycles. The van der Waals surface area contributed by atoms with Crippen LogP contribution in [0.4, 0.5) is 17.1 Å². The SMILES string of the molecule is c1ccc(N(c2ccc(-c3ccccc3-c3cc4ccc5ccc6ccccc6c5c4c4ccccc34)cc2)c2cccc(-n3c4ccccc4c4ccccc43)c2)cc1. The van der Waals surface area contributed by atoms with Crippen LogP contribution in [0, 0.1) is 0 Å². The van der Waals surface area contributed by atoms with Gasteiger partial charge in [-0.05, 0) is 126 Å². The summed E-state index contributed by atoms with van der Waals surface area (Å²) in [4.78, 5) is 2.36. The van der Waals surface area contributed by atoms with E-state index in [-0.39, 0.29) is 0 Å². The fourth-order valence-electron chi connectivity index (χ4n) is 9.67. The van der Waals surface area contributed by atoms with E-state index in [1.54, 1.807) is 0 Å². The first-order valence-corrected chi connectivity index (χ1v) is 20.7. The minimum atomic E-state index is 1.09. The Morgan fingerprint density at radius 1 is 0.283 bits per heavy atom. The van der Waals surface area contributed by atoms with Crippen molar-refractivity contribution < 1.29 is 0 Å². The molecule has 280 valence electrons. The average molecular weight is 763 g/mol. The molecule has 0 aliphatic carbocycles. The molecule has 2 nitrogen and oxygen atoms in total. The summed E-state index contributed by atoms with van der Waals surface area (Å²) in [5, 5.41) is 12.8. The molecule has 0 aliphatic rings. The molecule has 12 rings (SSSR count). The minimum absolute atomic E-state index is 1.09. The molecule has 0 fully saturated rings. The van der Waals surface area contributed by atoms with Gasteiger partial charge < -0.3 is 9.47 Å². The highest BCUT2D eigenvalue weighted by Gasteiger charge is 2.19. The lowest BCUT2D eigenvalue weighted by Crippen LogP contribution is -2.10. The number of para-hydroxylation sites is 3. The summed E-state index contributed by atoms with van der Waals surface area (Å²) in [5.74, 6) is 0. The Hall–Kier alpha value is -7.94. The van der Waals surface area contributed by atoms with Crippen LogP contribution in [-0.2, 0) is 0 Å². The van der Waals surface area contributed by atoms with Crippen LogP contribution in [0.15, 0.2) is 231 Å². The summed E-state index contributed by atoms with van der Waals surface area (Å²) in [5.41, 5.74) is 11.7. The van der Waals surface area contributed by atoms with Gasteiger partial charge in [0, 0.05) is 33.5 Å². The van der Waals surface area contributed by atoms with E-state index >= 15 is 0 Å². The van der Waals surface area contributed by atoms with E-state index in [0.717, 1.165) is 22.7 Å². The van der Waals surface area contributed by atoms with Gasteiger partial charge in [0.1, 0.15) is 0 Å². The molecular formula is C58H38N2. The number of fused-ring (bicyclic) bond motifs is 10. The highest BCUT2D eigenvalue weighted by atomic mass is 15.1. The Morgan fingerprint density at radius 3 is 1.57 bits per heavy atom. The second kappa shape index (κ2) is 13.9. The number of benzene rings is 11. The smallest absolute Gasteiger partial charge is 0.0541 e. The van der Waals surface area contributed by atoms with Crippen LogP contribution >= 0.6 is 0 Å². The van der Waals surface area contributed by atoms with Crippen molar-refractivity contribution in [2.75, 3.05) is 4.90 Å². The van der Waals surface area contributed by atoms with E-state index < -0.39 is 0 Å². The molecule has 0 saturated heterocycles. The minimum Gasteiger partial charge on any atom is -0.310 e. The molecule has 1 heterocycles. The highest BCUT2D eigenvalue weighted by molar-refractivity contribution is 6.29. The van der Waals surface area contributed by atoms with Crippen molar-refractivity contribution in [3.05, 3.63) is 231 Å². The third kappa shape index (κ3) is 5.42. The molecule has 0 spiro atoms. The summed E-state index contributed by atoms with van der Waals surface area (Å²) in [7, 11) is 0. The molecule has 0 atom stereocenters. The third-order valence-electron chi connectivity index (χ3n) is 12.3. The highest BCUT2D eigenvalue weighted by Crippen LogP contribution is 2.44. The predicted octanol–water partition coefficient (Wildman–Crippen LogP) is 16.2. The van der Waals surface area contributed by atoms with Gasteiger partial charge in [-0.3, -0.25) is 0 Å². The molecule has 0 radical (unpaired) electrons. The maximum atomic E-state index is 2.41. The molecule has 0 aliphatic heterocycles. The molecule has 2 heteroatoms.